The van der Waals surface area contributed by atoms with E-state index in [1.54, 1.807) is 12.1 Å². The number of benzene rings is 2. The van der Waals surface area contributed by atoms with Crippen LogP contribution in [0.25, 0.3) is 0 Å². The van der Waals surface area contributed by atoms with Crippen LogP contribution in [-0.2, 0) is 16.0 Å². The molecule has 0 unspecified atom stereocenters. The third kappa shape index (κ3) is 5.60. The molecular formula is C22H21ClN2O2. The van der Waals surface area contributed by atoms with Gasteiger partial charge in [0.1, 0.15) is 0 Å². The standard InChI is InChI=1S/C22H21ClN2O2/c23-19-10-6-18(7-11-19)16-21(26)24-14-3-4-17-8-12-20(13-9-17)25-15-2-1-5-22(25)27/h6-13H,1-2,5,14-16H2,(H,24,26). The van der Waals surface area contributed by atoms with E-state index in [9.17, 15) is 9.59 Å². The van der Waals surface area contributed by atoms with Gasteiger partial charge in [0.2, 0.25) is 11.8 Å². The molecule has 2 aromatic rings. The Morgan fingerprint density at radius 3 is 2.52 bits per heavy atom. The predicted octanol–water partition coefficient (Wildman–Crippen LogP) is 3.57. The van der Waals surface area contributed by atoms with Crippen LogP contribution in [-0.4, -0.2) is 24.9 Å². The Kier molecular flexibility index (Phi) is 6.51. The predicted molar refractivity (Wildman–Crippen MR) is 108 cm³/mol. The number of amides is 2. The first kappa shape index (κ1) is 19.0. The normalized spacial score (nSPS) is 13.7. The van der Waals surface area contributed by atoms with E-state index in [0.29, 0.717) is 24.4 Å². The molecule has 1 saturated heterocycles. The van der Waals surface area contributed by atoms with Crippen molar-refractivity contribution in [3.63, 3.8) is 0 Å². The van der Waals surface area contributed by atoms with E-state index in [0.717, 1.165) is 36.2 Å². The summed E-state index contributed by atoms with van der Waals surface area (Å²) in [5.41, 5.74) is 2.68. The average Bonchev–Trinajstić information content (AvgIpc) is 2.68. The van der Waals surface area contributed by atoms with Gasteiger partial charge in [-0.1, -0.05) is 35.6 Å². The van der Waals surface area contributed by atoms with Gasteiger partial charge in [0.15, 0.2) is 0 Å². The number of hydrogen-bond acceptors (Lipinski definition) is 2. The number of rotatable bonds is 4. The van der Waals surface area contributed by atoms with Crippen molar-refractivity contribution >= 4 is 29.1 Å². The lowest BCUT2D eigenvalue weighted by atomic mass is 10.1. The van der Waals surface area contributed by atoms with Crippen LogP contribution >= 0.6 is 11.6 Å². The zero-order chi connectivity index (χ0) is 19.1. The van der Waals surface area contributed by atoms with Gasteiger partial charge in [0.05, 0.1) is 13.0 Å². The molecule has 4 nitrogen and oxygen atoms in total. The minimum Gasteiger partial charge on any atom is -0.345 e. The molecule has 5 heteroatoms. The number of carbonyl (C=O) groups is 2. The largest absolute Gasteiger partial charge is 0.345 e. The van der Waals surface area contributed by atoms with Crippen molar-refractivity contribution in [1.82, 2.24) is 5.32 Å². The minimum atomic E-state index is -0.0782. The van der Waals surface area contributed by atoms with E-state index in [1.165, 1.54) is 0 Å². The Hall–Kier alpha value is -2.77. The van der Waals surface area contributed by atoms with Crippen LogP contribution in [0.4, 0.5) is 5.69 Å². The fraction of sp³-hybridized carbons (Fsp3) is 0.273. The SMILES string of the molecule is O=C(Cc1ccc(Cl)cc1)NCC#Cc1ccc(N2CCCCC2=O)cc1. The molecule has 3 rings (SSSR count). The fourth-order valence-electron chi connectivity index (χ4n) is 2.94. The molecule has 1 heterocycles. The van der Waals surface area contributed by atoms with E-state index in [2.05, 4.69) is 17.2 Å². The third-order valence-corrected chi connectivity index (χ3v) is 4.64. The Labute approximate surface area is 164 Å². The average molecular weight is 381 g/mol. The fourth-order valence-corrected chi connectivity index (χ4v) is 3.07. The second kappa shape index (κ2) is 9.25. The van der Waals surface area contributed by atoms with Crippen LogP contribution in [0.1, 0.15) is 30.4 Å². The van der Waals surface area contributed by atoms with Crippen LogP contribution in [0.2, 0.25) is 5.02 Å². The second-order valence-corrected chi connectivity index (χ2v) is 6.87. The van der Waals surface area contributed by atoms with Crippen LogP contribution in [0.15, 0.2) is 48.5 Å². The third-order valence-electron chi connectivity index (χ3n) is 4.39. The van der Waals surface area contributed by atoms with Gasteiger partial charge >= 0.3 is 0 Å². The van der Waals surface area contributed by atoms with E-state index in [1.807, 2.05) is 41.3 Å². The summed E-state index contributed by atoms with van der Waals surface area (Å²) >= 11 is 5.83. The van der Waals surface area contributed by atoms with Gasteiger partial charge in [-0.15, -0.1) is 0 Å². The van der Waals surface area contributed by atoms with Gasteiger partial charge in [-0.05, 0) is 54.8 Å². The molecule has 0 spiro atoms. The van der Waals surface area contributed by atoms with Crippen molar-refractivity contribution in [2.75, 3.05) is 18.0 Å². The second-order valence-electron chi connectivity index (χ2n) is 6.43. The highest BCUT2D eigenvalue weighted by Gasteiger charge is 2.19. The van der Waals surface area contributed by atoms with Crippen molar-refractivity contribution < 1.29 is 9.59 Å². The zero-order valence-corrected chi connectivity index (χ0v) is 15.8. The summed E-state index contributed by atoms with van der Waals surface area (Å²) in [7, 11) is 0. The molecule has 2 amide bonds. The maximum absolute atomic E-state index is 12.0. The number of piperidine rings is 1. The van der Waals surface area contributed by atoms with Gasteiger partial charge in [-0.2, -0.15) is 0 Å². The molecule has 2 aromatic carbocycles. The van der Waals surface area contributed by atoms with Crippen molar-refractivity contribution in [2.45, 2.75) is 25.7 Å². The molecule has 0 radical (unpaired) electrons. The molecule has 0 aromatic heterocycles. The highest BCUT2D eigenvalue weighted by Crippen LogP contribution is 2.21. The Morgan fingerprint density at radius 1 is 1.07 bits per heavy atom. The van der Waals surface area contributed by atoms with E-state index < -0.39 is 0 Å². The lowest BCUT2D eigenvalue weighted by Crippen LogP contribution is -2.35. The summed E-state index contributed by atoms with van der Waals surface area (Å²) in [6, 6.07) is 14.9. The minimum absolute atomic E-state index is 0.0782. The van der Waals surface area contributed by atoms with Gasteiger partial charge in [-0.25, -0.2) is 0 Å². The van der Waals surface area contributed by atoms with Crippen molar-refractivity contribution in [1.29, 1.82) is 0 Å². The summed E-state index contributed by atoms with van der Waals surface area (Å²) in [5, 5.41) is 3.44. The van der Waals surface area contributed by atoms with E-state index in [4.69, 9.17) is 11.6 Å². The van der Waals surface area contributed by atoms with Crippen LogP contribution in [0.3, 0.4) is 0 Å². The van der Waals surface area contributed by atoms with Gasteiger partial charge in [-0.3, -0.25) is 9.59 Å². The Bertz CT molecular complexity index is 864. The summed E-state index contributed by atoms with van der Waals surface area (Å²) in [4.78, 5) is 25.7. The highest BCUT2D eigenvalue weighted by atomic mass is 35.5. The number of carbonyl (C=O) groups excluding carboxylic acids is 2. The lowest BCUT2D eigenvalue weighted by Gasteiger charge is -2.26. The van der Waals surface area contributed by atoms with Crippen molar-refractivity contribution in [3.05, 3.63) is 64.7 Å². The number of halogens is 1. The molecule has 0 bridgehead atoms. The van der Waals surface area contributed by atoms with Gasteiger partial charge < -0.3 is 10.2 Å². The topological polar surface area (TPSA) is 49.4 Å². The van der Waals surface area contributed by atoms with E-state index in [-0.39, 0.29) is 11.8 Å². The zero-order valence-electron chi connectivity index (χ0n) is 15.0. The highest BCUT2D eigenvalue weighted by molar-refractivity contribution is 6.30. The number of hydrogen-bond donors (Lipinski definition) is 1. The molecule has 0 aliphatic carbocycles. The summed E-state index contributed by atoms with van der Waals surface area (Å²) < 4.78 is 0. The number of nitrogens with one attached hydrogen (secondary N) is 1. The lowest BCUT2D eigenvalue weighted by molar-refractivity contribution is -0.120. The molecule has 27 heavy (non-hydrogen) atoms. The van der Waals surface area contributed by atoms with Gasteiger partial charge in [0, 0.05) is 29.2 Å². The number of nitrogens with zero attached hydrogens (tertiary/aromatic N) is 1. The first-order valence-electron chi connectivity index (χ1n) is 9.02. The molecule has 1 aliphatic rings. The Morgan fingerprint density at radius 2 is 1.81 bits per heavy atom. The molecule has 0 atom stereocenters. The molecule has 1 aliphatic heterocycles. The molecule has 138 valence electrons. The summed E-state index contributed by atoms with van der Waals surface area (Å²) in [6.45, 7) is 1.07. The quantitative estimate of drug-likeness (QED) is 0.824. The summed E-state index contributed by atoms with van der Waals surface area (Å²) in [6.07, 6.45) is 2.94. The Balaban J connectivity index is 1.48. The molecular weight excluding hydrogens is 360 g/mol. The monoisotopic (exact) mass is 380 g/mol. The van der Waals surface area contributed by atoms with Crippen molar-refractivity contribution in [2.24, 2.45) is 0 Å². The van der Waals surface area contributed by atoms with Crippen LogP contribution < -0.4 is 10.2 Å². The first-order chi connectivity index (χ1) is 13.1. The van der Waals surface area contributed by atoms with Gasteiger partial charge in [0.25, 0.3) is 0 Å². The van der Waals surface area contributed by atoms with Crippen LogP contribution in [0.5, 0.6) is 0 Å². The smallest absolute Gasteiger partial charge is 0.226 e. The first-order valence-corrected chi connectivity index (χ1v) is 9.40. The molecule has 0 saturated carbocycles. The molecule has 1 fully saturated rings. The maximum atomic E-state index is 12.0. The number of anilines is 1. The molecule has 1 N–H and O–H groups in total. The van der Waals surface area contributed by atoms with E-state index >= 15 is 0 Å². The van der Waals surface area contributed by atoms with Crippen molar-refractivity contribution in [3.8, 4) is 11.8 Å². The summed E-state index contributed by atoms with van der Waals surface area (Å²) in [5.74, 6) is 6.08. The van der Waals surface area contributed by atoms with Crippen LogP contribution in [0, 0.1) is 11.8 Å². The maximum Gasteiger partial charge on any atom is 0.226 e.